The molecule has 0 aromatic heterocycles. The highest BCUT2D eigenvalue weighted by atomic mass is 35.5. The Labute approximate surface area is 182 Å². The number of likely N-dealkylation sites (N-methyl/N-ethyl adjacent to an activating group) is 2. The molecule has 7 heteroatoms. The summed E-state index contributed by atoms with van der Waals surface area (Å²) in [5, 5.41) is 3.39. The van der Waals surface area contributed by atoms with Crippen LogP contribution in [0.4, 0.5) is 0 Å². The minimum atomic E-state index is 0. The fraction of sp³-hybridized carbons (Fsp3) is 0.667. The predicted molar refractivity (Wildman–Crippen MR) is 120 cm³/mol. The molecular weight excluding hydrogens is 395 g/mol. The fourth-order valence-electron chi connectivity index (χ4n) is 4.10. The molecule has 0 atom stereocenters. The monoisotopic (exact) mass is 430 g/mol. The lowest BCUT2D eigenvalue weighted by Gasteiger charge is -2.32. The number of nitrogens with zero attached hydrogens (tertiary/aromatic N) is 3. The molecule has 160 valence electrons. The average molecular weight is 431 g/mol. The highest BCUT2D eigenvalue weighted by Gasteiger charge is 2.21. The molecule has 0 spiro atoms. The second-order valence-electron chi connectivity index (χ2n) is 7.90. The Bertz CT molecular complexity index is 590. The van der Waals surface area contributed by atoms with Gasteiger partial charge >= 0.3 is 0 Å². The van der Waals surface area contributed by atoms with E-state index in [1.54, 1.807) is 0 Å². The molecule has 0 aliphatic carbocycles. The van der Waals surface area contributed by atoms with Gasteiger partial charge in [-0.1, -0.05) is 24.3 Å². The molecule has 2 aliphatic heterocycles. The molecule has 0 bridgehead atoms. The van der Waals surface area contributed by atoms with Crippen LogP contribution in [0.5, 0.6) is 0 Å². The second-order valence-corrected chi connectivity index (χ2v) is 7.90. The van der Waals surface area contributed by atoms with Crippen molar-refractivity contribution in [3.8, 4) is 0 Å². The molecule has 5 nitrogen and oxygen atoms in total. The highest BCUT2D eigenvalue weighted by molar-refractivity contribution is 5.85. The van der Waals surface area contributed by atoms with Crippen LogP contribution in [0.3, 0.4) is 0 Å². The number of nitrogens with one attached hydrogen (secondary N) is 1. The zero-order valence-electron chi connectivity index (χ0n) is 17.2. The van der Waals surface area contributed by atoms with E-state index in [1.165, 1.54) is 37.1 Å². The van der Waals surface area contributed by atoms with Gasteiger partial charge in [0.25, 0.3) is 0 Å². The normalized spacial score (nSPS) is 17.8. The van der Waals surface area contributed by atoms with Crippen molar-refractivity contribution in [3.63, 3.8) is 0 Å². The Morgan fingerprint density at radius 3 is 2.32 bits per heavy atom. The van der Waals surface area contributed by atoms with Crippen LogP contribution in [-0.4, -0.2) is 73.5 Å². The number of amides is 1. The molecule has 1 aromatic carbocycles. The van der Waals surface area contributed by atoms with Gasteiger partial charge in [-0.2, -0.15) is 0 Å². The van der Waals surface area contributed by atoms with Crippen LogP contribution in [-0.2, 0) is 17.9 Å². The van der Waals surface area contributed by atoms with Crippen molar-refractivity contribution >= 4 is 30.7 Å². The summed E-state index contributed by atoms with van der Waals surface area (Å²) in [7, 11) is 4.02. The summed E-state index contributed by atoms with van der Waals surface area (Å²) < 4.78 is 0. The lowest BCUT2D eigenvalue weighted by Crippen LogP contribution is -2.45. The van der Waals surface area contributed by atoms with Gasteiger partial charge in [-0.25, -0.2) is 0 Å². The standard InChI is InChI=1S/C21H34N4O.2ClH/c1-23(20-9-11-22-12-10-20)17-21(26)24(2)15-18-7-3-4-8-19(18)16-25-13-5-6-14-25;;/h3-4,7-8,20,22H,5-6,9-17H2,1-2H3;2*1H. The highest BCUT2D eigenvalue weighted by Crippen LogP contribution is 2.18. The lowest BCUT2D eigenvalue weighted by molar-refractivity contribution is -0.132. The molecule has 0 radical (unpaired) electrons. The van der Waals surface area contributed by atoms with Crippen molar-refractivity contribution < 1.29 is 4.79 Å². The van der Waals surface area contributed by atoms with Crippen LogP contribution < -0.4 is 5.32 Å². The van der Waals surface area contributed by atoms with Crippen LogP contribution in [0.15, 0.2) is 24.3 Å². The van der Waals surface area contributed by atoms with E-state index in [4.69, 9.17) is 0 Å². The van der Waals surface area contributed by atoms with E-state index in [2.05, 4.69) is 46.4 Å². The number of carbonyl (C=O) groups is 1. The van der Waals surface area contributed by atoms with Gasteiger partial charge in [0.15, 0.2) is 0 Å². The van der Waals surface area contributed by atoms with Gasteiger partial charge in [0, 0.05) is 26.2 Å². The molecular formula is C21H36Cl2N4O. The van der Waals surface area contributed by atoms with Crippen LogP contribution >= 0.6 is 24.8 Å². The number of hydrogen-bond donors (Lipinski definition) is 1. The Hall–Kier alpha value is -0.850. The van der Waals surface area contributed by atoms with Gasteiger partial charge in [0.05, 0.1) is 6.54 Å². The Balaban J connectivity index is 0.00000196. The molecule has 1 aromatic rings. The number of likely N-dealkylation sites (tertiary alicyclic amines) is 1. The maximum atomic E-state index is 12.7. The van der Waals surface area contributed by atoms with Crippen LogP contribution in [0, 0.1) is 0 Å². The van der Waals surface area contributed by atoms with Crippen molar-refractivity contribution in [2.75, 3.05) is 46.8 Å². The molecule has 1 N–H and O–H groups in total. The van der Waals surface area contributed by atoms with E-state index in [0.717, 1.165) is 32.5 Å². The Kier molecular flexibility index (Phi) is 11.4. The number of halogens is 2. The Morgan fingerprint density at radius 1 is 1.07 bits per heavy atom. The van der Waals surface area contributed by atoms with Crippen LogP contribution in [0.25, 0.3) is 0 Å². The van der Waals surface area contributed by atoms with E-state index in [0.29, 0.717) is 19.1 Å². The van der Waals surface area contributed by atoms with Crippen molar-refractivity contribution in [2.45, 2.75) is 44.8 Å². The molecule has 2 saturated heterocycles. The SMILES string of the molecule is CN(Cc1ccccc1CN1CCCC1)C(=O)CN(C)C1CCNCC1.Cl.Cl. The summed E-state index contributed by atoms with van der Waals surface area (Å²) in [6.07, 6.45) is 4.88. The quantitative estimate of drug-likeness (QED) is 0.721. The number of piperidine rings is 1. The van der Waals surface area contributed by atoms with E-state index in [9.17, 15) is 4.79 Å². The van der Waals surface area contributed by atoms with E-state index < -0.39 is 0 Å². The molecule has 3 rings (SSSR count). The van der Waals surface area contributed by atoms with Crippen molar-refractivity contribution in [2.24, 2.45) is 0 Å². The van der Waals surface area contributed by atoms with Gasteiger partial charge in [-0.15, -0.1) is 24.8 Å². The van der Waals surface area contributed by atoms with Gasteiger partial charge in [0.2, 0.25) is 5.91 Å². The summed E-state index contributed by atoms with van der Waals surface area (Å²) in [6, 6.07) is 9.11. The van der Waals surface area contributed by atoms with Gasteiger partial charge in [-0.3, -0.25) is 14.6 Å². The predicted octanol–water partition coefficient (Wildman–Crippen LogP) is 2.77. The molecule has 28 heavy (non-hydrogen) atoms. The first kappa shape index (κ1) is 25.2. The molecule has 2 aliphatic rings. The topological polar surface area (TPSA) is 38.8 Å². The van der Waals surface area contributed by atoms with Gasteiger partial charge in [0.1, 0.15) is 0 Å². The second kappa shape index (κ2) is 12.7. The Morgan fingerprint density at radius 2 is 1.68 bits per heavy atom. The van der Waals surface area contributed by atoms with Crippen molar-refractivity contribution in [3.05, 3.63) is 35.4 Å². The number of rotatable bonds is 7. The molecule has 1 amide bonds. The van der Waals surface area contributed by atoms with Gasteiger partial charge in [-0.05, 0) is 70.0 Å². The third-order valence-corrected chi connectivity index (χ3v) is 5.86. The van der Waals surface area contributed by atoms with E-state index >= 15 is 0 Å². The first-order valence-electron chi connectivity index (χ1n) is 10.1. The first-order valence-corrected chi connectivity index (χ1v) is 10.1. The molecule has 2 fully saturated rings. The van der Waals surface area contributed by atoms with Crippen molar-refractivity contribution in [1.82, 2.24) is 20.0 Å². The average Bonchev–Trinajstić information content (AvgIpc) is 3.17. The van der Waals surface area contributed by atoms with Crippen LogP contribution in [0.2, 0.25) is 0 Å². The largest absolute Gasteiger partial charge is 0.340 e. The summed E-state index contributed by atoms with van der Waals surface area (Å²) in [5.41, 5.74) is 2.64. The number of benzene rings is 1. The maximum Gasteiger partial charge on any atom is 0.236 e. The van der Waals surface area contributed by atoms with E-state index in [1.807, 2.05) is 11.9 Å². The summed E-state index contributed by atoms with van der Waals surface area (Å²) in [6.45, 7) is 6.73. The third kappa shape index (κ3) is 7.20. The minimum Gasteiger partial charge on any atom is -0.340 e. The third-order valence-electron chi connectivity index (χ3n) is 5.86. The smallest absolute Gasteiger partial charge is 0.236 e. The summed E-state index contributed by atoms with van der Waals surface area (Å²) >= 11 is 0. The maximum absolute atomic E-state index is 12.7. The fourth-order valence-corrected chi connectivity index (χ4v) is 4.10. The number of hydrogen-bond acceptors (Lipinski definition) is 4. The van der Waals surface area contributed by atoms with Gasteiger partial charge < -0.3 is 10.2 Å². The van der Waals surface area contributed by atoms with Crippen LogP contribution in [0.1, 0.15) is 36.8 Å². The minimum absolute atomic E-state index is 0. The molecule has 0 saturated carbocycles. The zero-order valence-corrected chi connectivity index (χ0v) is 18.9. The summed E-state index contributed by atoms with van der Waals surface area (Å²) in [4.78, 5) is 19.4. The van der Waals surface area contributed by atoms with Crippen molar-refractivity contribution in [1.29, 1.82) is 0 Å². The molecule has 0 unspecified atom stereocenters. The first-order chi connectivity index (χ1) is 12.6. The van der Waals surface area contributed by atoms with E-state index in [-0.39, 0.29) is 30.7 Å². The lowest BCUT2D eigenvalue weighted by atomic mass is 10.1. The zero-order chi connectivity index (χ0) is 18.4. The number of carbonyl (C=O) groups excluding carboxylic acids is 1. The summed E-state index contributed by atoms with van der Waals surface area (Å²) in [5.74, 6) is 0.210. The molecule has 2 heterocycles.